The third-order valence-electron chi connectivity index (χ3n) is 4.82. The lowest BCUT2D eigenvalue weighted by atomic mass is 10.2. The Kier molecular flexibility index (Phi) is 7.63. The lowest BCUT2D eigenvalue weighted by molar-refractivity contribution is -0.118. The maximum atomic E-state index is 13.2. The summed E-state index contributed by atoms with van der Waals surface area (Å²) >= 11 is 9.19. The van der Waals surface area contributed by atoms with Gasteiger partial charge in [0.15, 0.2) is 5.13 Å². The van der Waals surface area contributed by atoms with E-state index in [0.29, 0.717) is 18.1 Å². The van der Waals surface area contributed by atoms with Crippen LogP contribution in [0.4, 0.5) is 5.13 Å². The first-order valence-corrected chi connectivity index (χ1v) is 12.3. The summed E-state index contributed by atoms with van der Waals surface area (Å²) in [7, 11) is 1.63. The normalized spacial score (nSPS) is 10.9. The number of hydrogen-bond donors (Lipinski definition) is 0. The fourth-order valence-corrected chi connectivity index (χ4v) is 5.09. The molecule has 8 heteroatoms. The Morgan fingerprint density at radius 3 is 2.66 bits per heavy atom. The zero-order valence-electron chi connectivity index (χ0n) is 17.5. The van der Waals surface area contributed by atoms with Gasteiger partial charge in [0.2, 0.25) is 5.91 Å². The van der Waals surface area contributed by atoms with Gasteiger partial charge in [0.1, 0.15) is 5.75 Å². The Balaban J connectivity index is 1.47. The minimum absolute atomic E-state index is 0.0598. The van der Waals surface area contributed by atoms with Gasteiger partial charge in [-0.3, -0.25) is 14.7 Å². The highest BCUT2D eigenvalue weighted by Crippen LogP contribution is 2.32. The zero-order chi connectivity index (χ0) is 22.3. The molecule has 4 aromatic rings. The molecule has 0 saturated carbocycles. The van der Waals surface area contributed by atoms with Crippen molar-refractivity contribution in [3.63, 3.8) is 0 Å². The van der Waals surface area contributed by atoms with E-state index in [2.05, 4.69) is 4.98 Å². The Morgan fingerprint density at radius 1 is 1.12 bits per heavy atom. The van der Waals surface area contributed by atoms with Gasteiger partial charge in [-0.05, 0) is 66.3 Å². The Morgan fingerprint density at radius 2 is 1.91 bits per heavy atom. The van der Waals surface area contributed by atoms with E-state index in [4.69, 9.17) is 21.3 Å². The summed E-state index contributed by atoms with van der Waals surface area (Å²) in [6.45, 7) is 0.461. The van der Waals surface area contributed by atoms with Crippen LogP contribution in [0.2, 0.25) is 5.02 Å². The fraction of sp³-hybridized carbons (Fsp3) is 0.208. The molecule has 164 valence electrons. The van der Waals surface area contributed by atoms with Gasteiger partial charge in [0.25, 0.3) is 0 Å². The number of rotatable bonds is 9. The molecule has 2 heterocycles. The number of ether oxygens (including phenoxy) is 1. The molecule has 0 aliphatic heterocycles. The smallest absolute Gasteiger partial charge is 0.229 e. The summed E-state index contributed by atoms with van der Waals surface area (Å²) in [4.78, 5) is 25.0. The number of amides is 1. The van der Waals surface area contributed by atoms with Crippen LogP contribution >= 0.6 is 34.7 Å². The van der Waals surface area contributed by atoms with Crippen LogP contribution in [-0.4, -0.2) is 28.7 Å². The van der Waals surface area contributed by atoms with E-state index in [-0.39, 0.29) is 5.91 Å². The van der Waals surface area contributed by atoms with Gasteiger partial charge >= 0.3 is 0 Å². The van der Waals surface area contributed by atoms with E-state index in [1.54, 1.807) is 36.2 Å². The molecule has 0 atom stereocenters. The summed E-state index contributed by atoms with van der Waals surface area (Å²) < 4.78 is 6.33. The second kappa shape index (κ2) is 10.8. The SMILES string of the molecule is COc1ccc2sc(N(Cc3ccncc3)C(=O)CCCSc3ccc(Cl)cc3)nc2c1. The summed E-state index contributed by atoms with van der Waals surface area (Å²) in [5.41, 5.74) is 1.84. The molecule has 32 heavy (non-hydrogen) atoms. The monoisotopic (exact) mass is 483 g/mol. The lowest BCUT2D eigenvalue weighted by Gasteiger charge is -2.20. The number of thiazole rings is 1. The van der Waals surface area contributed by atoms with E-state index < -0.39 is 0 Å². The molecule has 2 aromatic carbocycles. The number of hydrogen-bond acceptors (Lipinski definition) is 6. The van der Waals surface area contributed by atoms with Crippen LogP contribution in [0.1, 0.15) is 18.4 Å². The number of halogens is 1. The number of anilines is 1. The average Bonchev–Trinajstić information content (AvgIpc) is 3.25. The molecule has 0 bridgehead atoms. The van der Waals surface area contributed by atoms with Crippen molar-refractivity contribution in [1.29, 1.82) is 0 Å². The van der Waals surface area contributed by atoms with Gasteiger partial charge in [0, 0.05) is 34.8 Å². The largest absolute Gasteiger partial charge is 0.497 e. The standard InChI is InChI=1S/C24H22ClN3O2S2/c1-30-19-6-9-22-21(15-19)27-24(32-22)28(16-17-10-12-26-13-11-17)23(29)3-2-14-31-20-7-4-18(25)5-8-20/h4-13,15H,2-3,14,16H2,1H3. The van der Waals surface area contributed by atoms with Gasteiger partial charge in [-0.1, -0.05) is 22.9 Å². The molecule has 0 fully saturated rings. The molecule has 5 nitrogen and oxygen atoms in total. The Hall–Kier alpha value is -2.61. The highest BCUT2D eigenvalue weighted by molar-refractivity contribution is 7.99. The van der Waals surface area contributed by atoms with Crippen LogP contribution < -0.4 is 9.64 Å². The number of carbonyl (C=O) groups excluding carboxylic acids is 1. The van der Waals surface area contributed by atoms with Gasteiger partial charge in [-0.15, -0.1) is 11.8 Å². The maximum absolute atomic E-state index is 13.2. The molecule has 0 aliphatic carbocycles. The number of aromatic nitrogens is 2. The Labute approximate surface area is 200 Å². The number of carbonyl (C=O) groups is 1. The number of fused-ring (bicyclic) bond motifs is 1. The van der Waals surface area contributed by atoms with Crippen molar-refractivity contribution in [2.24, 2.45) is 0 Å². The maximum Gasteiger partial charge on any atom is 0.229 e. The first-order chi connectivity index (χ1) is 15.6. The predicted molar refractivity (Wildman–Crippen MR) is 133 cm³/mol. The minimum atomic E-state index is 0.0598. The van der Waals surface area contributed by atoms with Crippen LogP contribution in [0.15, 0.2) is 71.9 Å². The molecule has 0 N–H and O–H groups in total. The zero-order valence-corrected chi connectivity index (χ0v) is 19.9. The second-order valence-corrected chi connectivity index (χ2v) is 9.69. The van der Waals surface area contributed by atoms with Crippen molar-refractivity contribution in [3.05, 3.63) is 77.6 Å². The van der Waals surface area contributed by atoms with Gasteiger partial charge in [-0.2, -0.15) is 0 Å². The second-order valence-electron chi connectivity index (χ2n) is 7.07. The minimum Gasteiger partial charge on any atom is -0.497 e. The van der Waals surface area contributed by atoms with Gasteiger partial charge < -0.3 is 4.74 Å². The number of pyridine rings is 1. The molecule has 4 rings (SSSR count). The summed E-state index contributed by atoms with van der Waals surface area (Å²) in [6, 6.07) is 17.4. The first-order valence-electron chi connectivity index (χ1n) is 10.1. The van der Waals surface area contributed by atoms with Crippen LogP contribution in [-0.2, 0) is 11.3 Å². The highest BCUT2D eigenvalue weighted by Gasteiger charge is 2.20. The highest BCUT2D eigenvalue weighted by atomic mass is 35.5. The van der Waals surface area contributed by atoms with Crippen molar-refractivity contribution < 1.29 is 9.53 Å². The summed E-state index contributed by atoms with van der Waals surface area (Å²) in [6.07, 6.45) is 4.70. The first kappa shape index (κ1) is 22.6. The molecule has 0 saturated heterocycles. The predicted octanol–water partition coefficient (Wildman–Crippen LogP) is 6.46. The van der Waals surface area contributed by atoms with Crippen molar-refractivity contribution in [1.82, 2.24) is 9.97 Å². The van der Waals surface area contributed by atoms with Crippen LogP contribution in [0.5, 0.6) is 5.75 Å². The molecule has 1 amide bonds. The van der Waals surface area contributed by atoms with Crippen molar-refractivity contribution >= 4 is 56.0 Å². The van der Waals surface area contributed by atoms with Crippen LogP contribution in [0.3, 0.4) is 0 Å². The molecular formula is C24H22ClN3O2S2. The van der Waals surface area contributed by atoms with E-state index in [0.717, 1.165) is 43.6 Å². The van der Waals surface area contributed by atoms with Crippen molar-refractivity contribution in [2.75, 3.05) is 17.8 Å². The molecule has 0 radical (unpaired) electrons. The number of benzene rings is 2. The van der Waals surface area contributed by atoms with E-state index in [1.165, 1.54) is 11.3 Å². The van der Waals surface area contributed by atoms with E-state index in [1.807, 2.05) is 54.6 Å². The lowest BCUT2D eigenvalue weighted by Crippen LogP contribution is -2.30. The van der Waals surface area contributed by atoms with E-state index >= 15 is 0 Å². The average molecular weight is 484 g/mol. The quantitative estimate of drug-likeness (QED) is 0.202. The summed E-state index contributed by atoms with van der Waals surface area (Å²) in [5.74, 6) is 1.66. The topological polar surface area (TPSA) is 55.3 Å². The van der Waals surface area contributed by atoms with E-state index in [9.17, 15) is 4.79 Å². The molecule has 0 aliphatic rings. The van der Waals surface area contributed by atoms with Crippen LogP contribution in [0.25, 0.3) is 10.2 Å². The van der Waals surface area contributed by atoms with Gasteiger partial charge in [0.05, 0.1) is 23.9 Å². The van der Waals surface area contributed by atoms with Gasteiger partial charge in [-0.25, -0.2) is 4.98 Å². The third kappa shape index (κ3) is 5.79. The molecular weight excluding hydrogens is 462 g/mol. The van der Waals surface area contributed by atoms with Crippen molar-refractivity contribution in [2.45, 2.75) is 24.3 Å². The Bertz CT molecular complexity index is 1180. The molecule has 0 unspecified atom stereocenters. The number of thioether (sulfide) groups is 1. The molecule has 2 aromatic heterocycles. The third-order valence-corrected chi connectivity index (χ3v) is 7.23. The fourth-order valence-electron chi connectivity index (χ4n) is 3.15. The number of nitrogens with zero attached hydrogens (tertiary/aromatic N) is 3. The number of methoxy groups -OCH3 is 1. The van der Waals surface area contributed by atoms with Crippen LogP contribution in [0, 0.1) is 0 Å². The molecule has 0 spiro atoms. The van der Waals surface area contributed by atoms with Crippen molar-refractivity contribution in [3.8, 4) is 5.75 Å². The summed E-state index contributed by atoms with van der Waals surface area (Å²) in [5, 5.41) is 1.42.